The van der Waals surface area contributed by atoms with E-state index in [4.69, 9.17) is 9.47 Å². The molecule has 6 heteroatoms. The van der Waals surface area contributed by atoms with Gasteiger partial charge in [-0.15, -0.1) is 0 Å². The van der Waals surface area contributed by atoms with E-state index in [1.54, 1.807) is 36.4 Å². The van der Waals surface area contributed by atoms with Crippen molar-refractivity contribution in [2.45, 2.75) is 31.6 Å². The Bertz CT molecular complexity index is 800. The largest absolute Gasteiger partial charge is 0.495 e. The highest BCUT2D eigenvalue weighted by Gasteiger charge is 2.22. The number of para-hydroxylation sites is 2. The molecule has 0 unspecified atom stereocenters. The summed E-state index contributed by atoms with van der Waals surface area (Å²) in [6.07, 6.45) is 0. The summed E-state index contributed by atoms with van der Waals surface area (Å²) in [6, 6.07) is 12.1. The van der Waals surface area contributed by atoms with Crippen LogP contribution in [0.5, 0.6) is 11.5 Å². The van der Waals surface area contributed by atoms with Crippen molar-refractivity contribution in [2.75, 3.05) is 18.4 Å². The van der Waals surface area contributed by atoms with E-state index >= 15 is 0 Å². The fraction of sp³-hybridized carbons (Fsp3) is 0.333. The third kappa shape index (κ3) is 4.00. The lowest BCUT2D eigenvalue weighted by Gasteiger charge is -2.16. The van der Waals surface area contributed by atoms with Crippen LogP contribution in [0.4, 0.5) is 5.69 Å². The van der Waals surface area contributed by atoms with Crippen molar-refractivity contribution in [3.05, 3.63) is 48.0 Å². The number of nitrogens with one attached hydrogen (secondary N) is 1. The van der Waals surface area contributed by atoms with Gasteiger partial charge in [0.25, 0.3) is 10.0 Å². The first-order valence-electron chi connectivity index (χ1n) is 7.81. The highest BCUT2D eigenvalue weighted by Crippen LogP contribution is 2.32. The van der Waals surface area contributed by atoms with Gasteiger partial charge in [-0.1, -0.05) is 32.0 Å². The lowest BCUT2D eigenvalue weighted by Crippen LogP contribution is -2.15. The van der Waals surface area contributed by atoms with Gasteiger partial charge < -0.3 is 9.47 Å². The van der Waals surface area contributed by atoms with E-state index < -0.39 is 10.0 Å². The second-order valence-corrected chi connectivity index (χ2v) is 7.25. The van der Waals surface area contributed by atoms with Crippen LogP contribution >= 0.6 is 0 Å². The third-order valence-electron chi connectivity index (χ3n) is 3.58. The zero-order chi connectivity index (χ0) is 17.7. The van der Waals surface area contributed by atoms with Crippen LogP contribution in [0.25, 0.3) is 0 Å². The predicted molar refractivity (Wildman–Crippen MR) is 95.5 cm³/mol. The summed E-state index contributed by atoms with van der Waals surface area (Å²) < 4.78 is 39.0. The number of rotatable bonds is 7. The minimum absolute atomic E-state index is 0.113. The van der Waals surface area contributed by atoms with Crippen molar-refractivity contribution in [1.29, 1.82) is 0 Å². The molecule has 2 aromatic rings. The number of hydrogen-bond donors (Lipinski definition) is 1. The number of benzene rings is 2. The van der Waals surface area contributed by atoms with Gasteiger partial charge in [-0.3, -0.25) is 4.72 Å². The number of hydrogen-bond acceptors (Lipinski definition) is 4. The fourth-order valence-corrected chi connectivity index (χ4v) is 3.57. The Hall–Kier alpha value is -2.21. The van der Waals surface area contributed by atoms with Crippen molar-refractivity contribution >= 4 is 15.7 Å². The molecule has 0 saturated carbocycles. The van der Waals surface area contributed by atoms with E-state index in [0.29, 0.717) is 23.8 Å². The van der Waals surface area contributed by atoms with Gasteiger partial charge in [0.15, 0.2) is 0 Å². The van der Waals surface area contributed by atoms with Gasteiger partial charge in [-0.25, -0.2) is 8.42 Å². The maximum atomic E-state index is 12.9. The van der Waals surface area contributed by atoms with E-state index in [-0.39, 0.29) is 10.8 Å². The molecule has 0 aliphatic heterocycles. The average Bonchev–Trinajstić information content (AvgIpc) is 2.56. The lowest BCUT2D eigenvalue weighted by atomic mass is 10.0. The average molecular weight is 349 g/mol. The Labute approximate surface area is 143 Å². The van der Waals surface area contributed by atoms with Gasteiger partial charge in [0.1, 0.15) is 16.4 Å². The molecule has 0 bridgehead atoms. The first-order valence-corrected chi connectivity index (χ1v) is 9.30. The minimum Gasteiger partial charge on any atom is -0.495 e. The maximum Gasteiger partial charge on any atom is 0.265 e. The van der Waals surface area contributed by atoms with Crippen LogP contribution in [0.3, 0.4) is 0 Å². The molecule has 130 valence electrons. The second kappa shape index (κ2) is 7.57. The zero-order valence-electron chi connectivity index (χ0n) is 14.4. The van der Waals surface area contributed by atoms with Crippen molar-refractivity contribution in [3.8, 4) is 11.5 Å². The van der Waals surface area contributed by atoms with Gasteiger partial charge in [0, 0.05) is 0 Å². The molecule has 2 aromatic carbocycles. The Morgan fingerprint density at radius 3 is 2.42 bits per heavy atom. The van der Waals surface area contributed by atoms with Crippen LogP contribution in [-0.4, -0.2) is 22.1 Å². The number of anilines is 1. The van der Waals surface area contributed by atoms with Crippen molar-refractivity contribution in [2.24, 2.45) is 0 Å². The SMILES string of the molecule is CCOc1ccccc1NS(=O)(=O)c1cc(C(C)C)ccc1OC. The molecule has 0 radical (unpaired) electrons. The fourth-order valence-electron chi connectivity index (χ4n) is 2.29. The number of methoxy groups -OCH3 is 1. The summed E-state index contributed by atoms with van der Waals surface area (Å²) in [5.74, 6) is 1.00. The zero-order valence-corrected chi connectivity index (χ0v) is 15.2. The molecule has 0 amide bonds. The summed E-state index contributed by atoms with van der Waals surface area (Å²) in [7, 11) is -2.35. The molecule has 0 heterocycles. The Morgan fingerprint density at radius 1 is 1.08 bits per heavy atom. The normalized spacial score (nSPS) is 11.4. The van der Waals surface area contributed by atoms with Crippen molar-refractivity contribution < 1.29 is 17.9 Å². The van der Waals surface area contributed by atoms with E-state index in [9.17, 15) is 8.42 Å². The Morgan fingerprint density at radius 2 is 1.79 bits per heavy atom. The lowest BCUT2D eigenvalue weighted by molar-refractivity contribution is 0.342. The molecule has 2 rings (SSSR count). The van der Waals surface area contributed by atoms with E-state index in [2.05, 4.69) is 4.72 Å². The van der Waals surface area contributed by atoms with Crippen molar-refractivity contribution in [3.63, 3.8) is 0 Å². The smallest absolute Gasteiger partial charge is 0.265 e. The van der Waals surface area contributed by atoms with Crippen LogP contribution < -0.4 is 14.2 Å². The quantitative estimate of drug-likeness (QED) is 0.820. The Kier molecular flexibility index (Phi) is 5.72. The molecule has 5 nitrogen and oxygen atoms in total. The van der Waals surface area contributed by atoms with Crippen LogP contribution in [0.2, 0.25) is 0 Å². The maximum absolute atomic E-state index is 12.9. The molecule has 0 atom stereocenters. The van der Waals surface area contributed by atoms with Crippen LogP contribution in [0, 0.1) is 0 Å². The molecular weight excluding hydrogens is 326 g/mol. The number of ether oxygens (including phenoxy) is 2. The predicted octanol–water partition coefficient (Wildman–Crippen LogP) is 4.02. The van der Waals surface area contributed by atoms with Gasteiger partial charge in [0.2, 0.25) is 0 Å². The number of sulfonamides is 1. The van der Waals surface area contributed by atoms with Gasteiger partial charge in [-0.05, 0) is 42.7 Å². The molecule has 0 aromatic heterocycles. The molecule has 0 spiro atoms. The van der Waals surface area contributed by atoms with Gasteiger partial charge in [-0.2, -0.15) is 0 Å². The minimum atomic E-state index is -3.81. The standard InChI is InChI=1S/C18H23NO4S/c1-5-23-16-9-7-6-8-15(16)19-24(20,21)18-12-14(13(2)3)10-11-17(18)22-4/h6-13,19H,5H2,1-4H3. The van der Waals surface area contributed by atoms with Crippen LogP contribution in [0.15, 0.2) is 47.4 Å². The summed E-state index contributed by atoms with van der Waals surface area (Å²) in [6.45, 7) is 6.32. The highest BCUT2D eigenvalue weighted by atomic mass is 32.2. The molecule has 0 aliphatic rings. The first kappa shape index (κ1) is 18.1. The monoisotopic (exact) mass is 349 g/mol. The third-order valence-corrected chi connectivity index (χ3v) is 4.96. The molecule has 0 saturated heterocycles. The summed E-state index contributed by atoms with van der Waals surface area (Å²) >= 11 is 0. The summed E-state index contributed by atoms with van der Waals surface area (Å²) in [5.41, 5.74) is 1.32. The molecule has 0 aliphatic carbocycles. The molecule has 1 N–H and O–H groups in total. The molecule has 24 heavy (non-hydrogen) atoms. The van der Waals surface area contributed by atoms with E-state index in [0.717, 1.165) is 5.56 Å². The van der Waals surface area contributed by atoms with Crippen LogP contribution in [-0.2, 0) is 10.0 Å². The topological polar surface area (TPSA) is 64.6 Å². The summed E-state index contributed by atoms with van der Waals surface area (Å²) in [4.78, 5) is 0.113. The molecule has 0 fully saturated rings. The highest BCUT2D eigenvalue weighted by molar-refractivity contribution is 7.92. The Balaban J connectivity index is 2.46. The summed E-state index contributed by atoms with van der Waals surface area (Å²) in [5, 5.41) is 0. The second-order valence-electron chi connectivity index (χ2n) is 5.60. The van der Waals surface area contributed by atoms with Crippen LogP contribution in [0.1, 0.15) is 32.3 Å². The van der Waals surface area contributed by atoms with E-state index in [1.165, 1.54) is 7.11 Å². The van der Waals surface area contributed by atoms with Gasteiger partial charge >= 0.3 is 0 Å². The molecular formula is C18H23NO4S. The van der Waals surface area contributed by atoms with Crippen molar-refractivity contribution in [1.82, 2.24) is 0 Å². The van der Waals surface area contributed by atoms with E-state index in [1.807, 2.05) is 26.8 Å². The first-order chi connectivity index (χ1) is 11.4. The van der Waals surface area contributed by atoms with Gasteiger partial charge in [0.05, 0.1) is 19.4 Å².